The van der Waals surface area contributed by atoms with E-state index in [0.717, 1.165) is 0 Å². The number of sulfonamides is 1. The molecule has 0 aliphatic rings. The summed E-state index contributed by atoms with van der Waals surface area (Å²) in [6.45, 7) is 3.78. The number of rotatable bonds is 6. The minimum absolute atomic E-state index is 0.0364. The van der Waals surface area contributed by atoms with Gasteiger partial charge in [-0.3, -0.25) is 4.68 Å². The smallest absolute Gasteiger partial charge is 0.260 e. The van der Waals surface area contributed by atoms with Crippen LogP contribution in [0.1, 0.15) is 31.5 Å². The van der Waals surface area contributed by atoms with Crippen molar-refractivity contribution in [3.05, 3.63) is 30.3 Å². The van der Waals surface area contributed by atoms with E-state index in [1.807, 2.05) is 13.8 Å². The van der Waals surface area contributed by atoms with Gasteiger partial charge in [-0.15, -0.1) is 0 Å². The Hall–Kier alpha value is -2.53. The van der Waals surface area contributed by atoms with Crippen LogP contribution in [-0.4, -0.2) is 37.9 Å². The van der Waals surface area contributed by atoms with Crippen LogP contribution in [0.2, 0.25) is 0 Å². The summed E-state index contributed by atoms with van der Waals surface area (Å²) in [5.41, 5.74) is 0.687. The van der Waals surface area contributed by atoms with E-state index in [1.165, 1.54) is 6.20 Å². The van der Waals surface area contributed by atoms with Crippen molar-refractivity contribution in [1.82, 2.24) is 34.2 Å². The first-order valence-corrected chi connectivity index (χ1v) is 9.09. The standard InChI is InChI=1S/C14H19N7O3S/c1-9(2)14-18-12(8-20(14)3)25(22,23)16-6-11-17-13(19-24-11)10-5-15-21(4)7-10/h5,7-9,16H,6H2,1-4H3. The molecule has 0 aliphatic carbocycles. The Morgan fingerprint density at radius 3 is 2.60 bits per heavy atom. The molecule has 25 heavy (non-hydrogen) atoms. The summed E-state index contributed by atoms with van der Waals surface area (Å²) >= 11 is 0. The number of aryl methyl sites for hydroxylation is 2. The SMILES string of the molecule is CC(C)c1nc(S(=O)(=O)NCc2nc(-c3cnn(C)c3)no2)cn1C. The van der Waals surface area contributed by atoms with Crippen LogP contribution in [0.15, 0.2) is 28.1 Å². The monoisotopic (exact) mass is 365 g/mol. The first-order chi connectivity index (χ1) is 11.8. The van der Waals surface area contributed by atoms with Gasteiger partial charge in [0.15, 0.2) is 5.03 Å². The molecule has 0 saturated carbocycles. The molecular weight excluding hydrogens is 346 g/mol. The summed E-state index contributed by atoms with van der Waals surface area (Å²) in [5, 5.41) is 7.81. The number of aromatic nitrogens is 6. The minimum atomic E-state index is -3.77. The number of nitrogens with zero attached hydrogens (tertiary/aromatic N) is 6. The summed E-state index contributed by atoms with van der Waals surface area (Å²) in [7, 11) is -0.233. The lowest BCUT2D eigenvalue weighted by Crippen LogP contribution is -2.23. The Morgan fingerprint density at radius 1 is 1.24 bits per heavy atom. The molecule has 0 saturated heterocycles. The highest BCUT2D eigenvalue weighted by atomic mass is 32.2. The van der Waals surface area contributed by atoms with Crippen LogP contribution in [-0.2, 0) is 30.7 Å². The fourth-order valence-electron chi connectivity index (χ4n) is 2.33. The second kappa shape index (κ2) is 6.41. The molecule has 0 bridgehead atoms. The van der Waals surface area contributed by atoms with E-state index in [1.54, 1.807) is 35.7 Å². The van der Waals surface area contributed by atoms with Crippen LogP contribution < -0.4 is 4.72 Å². The lowest BCUT2D eigenvalue weighted by molar-refractivity contribution is 0.376. The number of nitrogens with one attached hydrogen (secondary N) is 1. The maximum atomic E-state index is 12.4. The van der Waals surface area contributed by atoms with Crippen molar-refractivity contribution in [3.8, 4) is 11.4 Å². The molecule has 3 aromatic heterocycles. The first-order valence-electron chi connectivity index (χ1n) is 7.61. The van der Waals surface area contributed by atoms with Gasteiger partial charge in [0.05, 0.1) is 18.3 Å². The predicted molar refractivity (Wildman–Crippen MR) is 87.8 cm³/mol. The summed E-state index contributed by atoms with van der Waals surface area (Å²) in [6, 6.07) is 0. The third kappa shape index (κ3) is 3.61. The molecule has 0 atom stereocenters. The molecule has 1 N–H and O–H groups in total. The van der Waals surface area contributed by atoms with Gasteiger partial charge in [-0.25, -0.2) is 18.1 Å². The van der Waals surface area contributed by atoms with Gasteiger partial charge in [-0.05, 0) is 0 Å². The summed E-state index contributed by atoms with van der Waals surface area (Å²) in [6.07, 6.45) is 4.81. The maximum absolute atomic E-state index is 12.4. The minimum Gasteiger partial charge on any atom is -0.338 e. The van der Waals surface area contributed by atoms with Gasteiger partial charge in [0.25, 0.3) is 10.0 Å². The van der Waals surface area contributed by atoms with E-state index in [0.29, 0.717) is 17.2 Å². The summed E-state index contributed by atoms with van der Waals surface area (Å²) in [5.74, 6) is 1.31. The number of imidazole rings is 1. The normalized spacial score (nSPS) is 12.2. The van der Waals surface area contributed by atoms with Crippen molar-refractivity contribution in [2.75, 3.05) is 0 Å². The first kappa shape index (κ1) is 17.3. The molecule has 3 rings (SSSR count). The van der Waals surface area contributed by atoms with Gasteiger partial charge in [-0.2, -0.15) is 10.1 Å². The zero-order chi connectivity index (χ0) is 18.2. The average molecular weight is 365 g/mol. The zero-order valence-electron chi connectivity index (χ0n) is 14.3. The number of hydrogen-bond donors (Lipinski definition) is 1. The van der Waals surface area contributed by atoms with Crippen LogP contribution in [0.5, 0.6) is 0 Å². The Morgan fingerprint density at radius 2 is 2.00 bits per heavy atom. The molecule has 0 amide bonds. The van der Waals surface area contributed by atoms with E-state index < -0.39 is 10.0 Å². The molecule has 11 heteroatoms. The Kier molecular flexibility index (Phi) is 4.43. The van der Waals surface area contributed by atoms with Crippen LogP contribution in [0, 0.1) is 0 Å². The Bertz CT molecular complexity index is 984. The van der Waals surface area contributed by atoms with Gasteiger partial charge >= 0.3 is 0 Å². The van der Waals surface area contributed by atoms with Crippen molar-refractivity contribution >= 4 is 10.0 Å². The lowest BCUT2D eigenvalue weighted by Gasteiger charge is -2.02. The van der Waals surface area contributed by atoms with Crippen LogP contribution in [0.4, 0.5) is 0 Å². The molecule has 0 spiro atoms. The van der Waals surface area contributed by atoms with Gasteiger partial charge in [-0.1, -0.05) is 19.0 Å². The number of hydrogen-bond acceptors (Lipinski definition) is 7. The van der Waals surface area contributed by atoms with Crippen molar-refractivity contribution in [1.29, 1.82) is 0 Å². The second-order valence-corrected chi connectivity index (χ2v) is 7.66. The highest BCUT2D eigenvalue weighted by Gasteiger charge is 2.21. The highest BCUT2D eigenvalue weighted by molar-refractivity contribution is 7.89. The van der Waals surface area contributed by atoms with E-state index in [-0.39, 0.29) is 23.4 Å². The van der Waals surface area contributed by atoms with Gasteiger partial charge < -0.3 is 9.09 Å². The van der Waals surface area contributed by atoms with Crippen molar-refractivity contribution in [2.24, 2.45) is 14.1 Å². The molecule has 0 fully saturated rings. The molecule has 10 nitrogen and oxygen atoms in total. The molecular formula is C14H19N7O3S. The van der Waals surface area contributed by atoms with E-state index >= 15 is 0 Å². The lowest BCUT2D eigenvalue weighted by atomic mass is 10.2. The molecule has 134 valence electrons. The maximum Gasteiger partial charge on any atom is 0.260 e. The third-order valence-electron chi connectivity index (χ3n) is 3.53. The molecule has 0 radical (unpaired) electrons. The van der Waals surface area contributed by atoms with Crippen molar-refractivity contribution in [3.63, 3.8) is 0 Å². The molecule has 0 unspecified atom stereocenters. The molecule has 3 aromatic rings. The predicted octanol–water partition coefficient (Wildman–Crippen LogP) is 0.805. The second-order valence-electron chi connectivity index (χ2n) is 5.94. The average Bonchev–Trinajstić information content (AvgIpc) is 3.24. The van der Waals surface area contributed by atoms with E-state index in [9.17, 15) is 8.42 Å². The van der Waals surface area contributed by atoms with Gasteiger partial charge in [0.2, 0.25) is 11.7 Å². The van der Waals surface area contributed by atoms with Crippen LogP contribution >= 0.6 is 0 Å². The third-order valence-corrected chi connectivity index (χ3v) is 4.80. The molecule has 3 heterocycles. The van der Waals surface area contributed by atoms with E-state index in [4.69, 9.17) is 4.52 Å². The fourth-order valence-corrected chi connectivity index (χ4v) is 3.30. The largest absolute Gasteiger partial charge is 0.338 e. The van der Waals surface area contributed by atoms with Crippen molar-refractivity contribution in [2.45, 2.75) is 31.3 Å². The Labute approximate surface area is 144 Å². The summed E-state index contributed by atoms with van der Waals surface area (Å²) in [4.78, 5) is 8.34. The Balaban J connectivity index is 1.72. The molecule has 0 aromatic carbocycles. The van der Waals surface area contributed by atoms with E-state index in [2.05, 4.69) is 24.9 Å². The van der Waals surface area contributed by atoms with Crippen LogP contribution in [0.3, 0.4) is 0 Å². The zero-order valence-corrected chi connectivity index (χ0v) is 15.1. The van der Waals surface area contributed by atoms with Crippen molar-refractivity contribution < 1.29 is 12.9 Å². The fraction of sp³-hybridized carbons (Fsp3) is 0.429. The highest BCUT2D eigenvalue weighted by Crippen LogP contribution is 2.17. The summed E-state index contributed by atoms with van der Waals surface area (Å²) < 4.78 is 35.6. The topological polar surface area (TPSA) is 121 Å². The van der Waals surface area contributed by atoms with Crippen LogP contribution in [0.25, 0.3) is 11.4 Å². The molecule has 0 aliphatic heterocycles. The van der Waals surface area contributed by atoms with Gasteiger partial charge in [0.1, 0.15) is 5.82 Å². The van der Waals surface area contributed by atoms with Gasteiger partial charge in [0, 0.05) is 32.4 Å². The quantitative estimate of drug-likeness (QED) is 0.686.